The molecule has 5 heteroatoms. The van der Waals surface area contributed by atoms with Crippen LogP contribution in [0.1, 0.15) is 38.1 Å². The number of hydrogen-bond donors (Lipinski definition) is 0. The Labute approximate surface area is 125 Å². The molecule has 0 spiro atoms. The van der Waals surface area contributed by atoms with Crippen LogP contribution >= 0.6 is 27.5 Å². The largest absolute Gasteiger partial charge is 0.324 e. The summed E-state index contributed by atoms with van der Waals surface area (Å²) in [5.41, 5.74) is 1.67. The van der Waals surface area contributed by atoms with E-state index in [9.17, 15) is 4.39 Å². The number of alkyl halides is 1. The van der Waals surface area contributed by atoms with E-state index in [1.54, 1.807) is 12.1 Å². The van der Waals surface area contributed by atoms with Crippen molar-refractivity contribution in [3.63, 3.8) is 0 Å². The summed E-state index contributed by atoms with van der Waals surface area (Å²) >= 11 is 9.22. The van der Waals surface area contributed by atoms with E-state index in [2.05, 4.69) is 32.4 Å². The summed E-state index contributed by atoms with van der Waals surface area (Å²) in [7, 11) is 0. The van der Waals surface area contributed by atoms with Crippen LogP contribution in [-0.2, 0) is 5.88 Å². The SMILES string of the molecule is CC1CCC(n2c(CCl)nc3cc(Br)c(F)cc32)C1. The number of rotatable bonds is 2. The molecule has 3 rings (SSSR count). The molecule has 0 N–H and O–H groups in total. The van der Waals surface area contributed by atoms with Crippen molar-refractivity contribution in [1.29, 1.82) is 0 Å². The molecule has 1 aliphatic rings. The van der Waals surface area contributed by atoms with Gasteiger partial charge in [-0.3, -0.25) is 0 Å². The fourth-order valence-corrected chi connectivity index (χ4v) is 3.57. The number of nitrogens with zero attached hydrogens (tertiary/aromatic N) is 2. The van der Waals surface area contributed by atoms with Gasteiger partial charge in [0.25, 0.3) is 0 Å². The summed E-state index contributed by atoms with van der Waals surface area (Å²) in [4.78, 5) is 4.54. The van der Waals surface area contributed by atoms with Gasteiger partial charge >= 0.3 is 0 Å². The molecule has 19 heavy (non-hydrogen) atoms. The standard InChI is InChI=1S/C14H15BrClFN2/c1-8-2-3-9(4-8)19-13-6-11(17)10(15)5-12(13)18-14(19)7-16/h5-6,8-9H,2-4,7H2,1H3. The van der Waals surface area contributed by atoms with Gasteiger partial charge in [-0.05, 0) is 47.2 Å². The maximum atomic E-state index is 13.8. The number of aromatic nitrogens is 2. The molecule has 0 aliphatic heterocycles. The highest BCUT2D eigenvalue weighted by molar-refractivity contribution is 9.10. The van der Waals surface area contributed by atoms with Gasteiger partial charge in [0.15, 0.2) is 0 Å². The van der Waals surface area contributed by atoms with Crippen LogP contribution in [0.25, 0.3) is 11.0 Å². The second-order valence-corrected chi connectivity index (χ2v) is 6.48. The minimum Gasteiger partial charge on any atom is -0.324 e. The van der Waals surface area contributed by atoms with E-state index in [0.717, 1.165) is 29.7 Å². The first-order chi connectivity index (χ1) is 9.10. The highest BCUT2D eigenvalue weighted by Gasteiger charge is 2.26. The van der Waals surface area contributed by atoms with Crippen LogP contribution in [0.15, 0.2) is 16.6 Å². The van der Waals surface area contributed by atoms with Crippen LogP contribution in [0.3, 0.4) is 0 Å². The Morgan fingerprint density at radius 3 is 2.89 bits per heavy atom. The summed E-state index contributed by atoms with van der Waals surface area (Å²) in [5, 5.41) is 0. The van der Waals surface area contributed by atoms with E-state index in [0.29, 0.717) is 22.3 Å². The van der Waals surface area contributed by atoms with Gasteiger partial charge in [-0.15, -0.1) is 11.6 Å². The van der Waals surface area contributed by atoms with Crippen molar-refractivity contribution in [2.45, 2.75) is 38.1 Å². The smallest absolute Gasteiger partial charge is 0.139 e. The molecule has 0 saturated heterocycles. The van der Waals surface area contributed by atoms with E-state index in [-0.39, 0.29) is 5.82 Å². The highest BCUT2D eigenvalue weighted by Crippen LogP contribution is 2.38. The lowest BCUT2D eigenvalue weighted by Crippen LogP contribution is -2.08. The molecule has 102 valence electrons. The predicted octanol–water partition coefficient (Wildman–Crippen LogP) is 5.04. The Morgan fingerprint density at radius 2 is 2.26 bits per heavy atom. The van der Waals surface area contributed by atoms with Crippen molar-refractivity contribution in [3.05, 3.63) is 28.2 Å². The molecule has 1 saturated carbocycles. The molecule has 0 bridgehead atoms. The van der Waals surface area contributed by atoms with Crippen LogP contribution in [0.5, 0.6) is 0 Å². The second kappa shape index (κ2) is 5.06. The molecule has 2 nitrogen and oxygen atoms in total. The van der Waals surface area contributed by atoms with Gasteiger partial charge in [-0.1, -0.05) is 6.92 Å². The lowest BCUT2D eigenvalue weighted by Gasteiger charge is -2.16. The molecule has 0 amide bonds. The highest BCUT2D eigenvalue weighted by atomic mass is 79.9. The minimum absolute atomic E-state index is 0.249. The maximum absolute atomic E-state index is 13.8. The molecular formula is C14H15BrClFN2. The molecule has 2 atom stereocenters. The van der Waals surface area contributed by atoms with Crippen LogP contribution in [-0.4, -0.2) is 9.55 Å². The van der Waals surface area contributed by atoms with E-state index in [1.165, 1.54) is 6.42 Å². The van der Waals surface area contributed by atoms with Crippen LogP contribution in [0.2, 0.25) is 0 Å². The van der Waals surface area contributed by atoms with Crippen LogP contribution < -0.4 is 0 Å². The van der Waals surface area contributed by atoms with E-state index in [1.807, 2.05) is 0 Å². The van der Waals surface area contributed by atoms with Gasteiger partial charge in [-0.2, -0.15) is 0 Å². The Morgan fingerprint density at radius 1 is 1.47 bits per heavy atom. The first-order valence-corrected chi connectivity index (χ1v) is 7.84. The molecule has 1 aliphatic carbocycles. The zero-order valence-electron chi connectivity index (χ0n) is 10.7. The van der Waals surface area contributed by atoms with Crippen molar-refractivity contribution >= 4 is 38.6 Å². The number of imidazole rings is 1. The summed E-state index contributed by atoms with van der Waals surface area (Å²) in [6.07, 6.45) is 3.45. The number of benzene rings is 1. The van der Waals surface area contributed by atoms with Crippen molar-refractivity contribution in [2.24, 2.45) is 5.92 Å². The molecule has 0 radical (unpaired) electrons. The predicted molar refractivity (Wildman–Crippen MR) is 79.0 cm³/mol. The fourth-order valence-electron chi connectivity index (χ4n) is 3.05. The normalized spacial score (nSPS) is 23.4. The van der Waals surface area contributed by atoms with Crippen molar-refractivity contribution in [1.82, 2.24) is 9.55 Å². The van der Waals surface area contributed by atoms with Crippen molar-refractivity contribution in [3.8, 4) is 0 Å². The zero-order chi connectivity index (χ0) is 13.6. The summed E-state index contributed by atoms with van der Waals surface area (Å²) in [6, 6.07) is 3.69. The van der Waals surface area contributed by atoms with E-state index < -0.39 is 0 Å². The third-order valence-corrected chi connectivity index (χ3v) is 4.80. The first kappa shape index (κ1) is 13.4. The van der Waals surface area contributed by atoms with Crippen LogP contribution in [0, 0.1) is 11.7 Å². The van der Waals surface area contributed by atoms with E-state index in [4.69, 9.17) is 11.6 Å². The van der Waals surface area contributed by atoms with E-state index >= 15 is 0 Å². The Hall–Kier alpha value is -0.610. The third kappa shape index (κ3) is 2.29. The van der Waals surface area contributed by atoms with Gasteiger partial charge in [0.05, 0.1) is 21.4 Å². The molecular weight excluding hydrogens is 331 g/mol. The van der Waals surface area contributed by atoms with Crippen molar-refractivity contribution in [2.75, 3.05) is 0 Å². The average molecular weight is 346 g/mol. The Kier molecular flexibility index (Phi) is 3.56. The minimum atomic E-state index is -0.249. The Bertz CT molecular complexity index is 625. The van der Waals surface area contributed by atoms with Gasteiger partial charge in [0.2, 0.25) is 0 Å². The summed E-state index contributed by atoms with van der Waals surface area (Å²) < 4.78 is 16.4. The van der Waals surface area contributed by atoms with Gasteiger partial charge < -0.3 is 4.57 Å². The molecule has 1 fully saturated rings. The van der Waals surface area contributed by atoms with Crippen LogP contribution in [0.4, 0.5) is 4.39 Å². The Balaban J connectivity index is 2.18. The second-order valence-electron chi connectivity index (χ2n) is 5.36. The average Bonchev–Trinajstić information content (AvgIpc) is 2.93. The van der Waals surface area contributed by atoms with Crippen molar-refractivity contribution < 1.29 is 4.39 Å². The fraction of sp³-hybridized carbons (Fsp3) is 0.500. The monoisotopic (exact) mass is 344 g/mol. The van der Waals surface area contributed by atoms with Gasteiger partial charge in [-0.25, -0.2) is 9.37 Å². The molecule has 2 aromatic rings. The molecule has 1 heterocycles. The maximum Gasteiger partial charge on any atom is 0.139 e. The molecule has 2 unspecified atom stereocenters. The summed E-state index contributed by atoms with van der Waals surface area (Å²) in [5.74, 6) is 1.67. The molecule has 1 aromatic carbocycles. The lowest BCUT2D eigenvalue weighted by atomic mass is 10.1. The first-order valence-electron chi connectivity index (χ1n) is 6.52. The number of hydrogen-bond acceptors (Lipinski definition) is 1. The zero-order valence-corrected chi connectivity index (χ0v) is 13.0. The topological polar surface area (TPSA) is 17.8 Å². The van der Waals surface area contributed by atoms with Gasteiger partial charge in [0, 0.05) is 12.1 Å². The third-order valence-electron chi connectivity index (χ3n) is 3.96. The quantitative estimate of drug-likeness (QED) is 0.697. The summed E-state index contributed by atoms with van der Waals surface area (Å²) in [6.45, 7) is 2.26. The van der Waals surface area contributed by atoms with Gasteiger partial charge in [0.1, 0.15) is 11.6 Å². The number of fused-ring (bicyclic) bond motifs is 1. The number of halogens is 3. The lowest BCUT2D eigenvalue weighted by molar-refractivity contribution is 0.493. The molecule has 1 aromatic heterocycles.